The van der Waals surface area contributed by atoms with Crippen LogP contribution in [-0.2, 0) is 20.9 Å². The van der Waals surface area contributed by atoms with E-state index in [9.17, 15) is 9.59 Å². The van der Waals surface area contributed by atoms with Crippen LogP contribution in [0, 0.1) is 5.82 Å². The van der Waals surface area contributed by atoms with Crippen LogP contribution in [0.4, 0.5) is 20.6 Å². The summed E-state index contributed by atoms with van der Waals surface area (Å²) in [5, 5.41) is 4.50. The van der Waals surface area contributed by atoms with Crippen molar-refractivity contribution in [1.29, 1.82) is 0 Å². The molecular formula is C22H26FN5O4. The molecule has 1 aromatic carbocycles. The van der Waals surface area contributed by atoms with E-state index in [1.165, 1.54) is 17.9 Å². The summed E-state index contributed by atoms with van der Waals surface area (Å²) in [7, 11) is 0. The van der Waals surface area contributed by atoms with Gasteiger partial charge in [-0.2, -0.15) is 5.06 Å². The Balaban J connectivity index is 1.38. The Hall–Kier alpha value is -3.24. The maximum Gasteiger partial charge on any atom is 0.414 e. The van der Waals surface area contributed by atoms with Gasteiger partial charge in [0.25, 0.3) is 0 Å². The summed E-state index contributed by atoms with van der Waals surface area (Å²) in [6.07, 6.45) is 2.47. The quantitative estimate of drug-likeness (QED) is 0.730. The number of hydroxylamine groups is 2. The van der Waals surface area contributed by atoms with Gasteiger partial charge < -0.3 is 15.0 Å². The molecule has 32 heavy (non-hydrogen) atoms. The van der Waals surface area contributed by atoms with E-state index >= 15 is 4.39 Å². The number of anilines is 2. The zero-order valence-electron chi connectivity index (χ0n) is 17.9. The highest BCUT2D eigenvalue weighted by atomic mass is 19.1. The van der Waals surface area contributed by atoms with Crippen LogP contribution < -0.4 is 15.1 Å². The van der Waals surface area contributed by atoms with Gasteiger partial charge in [-0.15, -0.1) is 0 Å². The molecule has 1 N–H and O–H groups in total. The number of nitrogens with one attached hydrogen (secondary N) is 1. The van der Waals surface area contributed by atoms with Crippen molar-refractivity contribution in [2.45, 2.75) is 19.6 Å². The van der Waals surface area contributed by atoms with Crippen molar-refractivity contribution in [3.05, 3.63) is 54.1 Å². The molecule has 1 atom stereocenters. The minimum atomic E-state index is -0.553. The summed E-state index contributed by atoms with van der Waals surface area (Å²) in [5.41, 5.74) is 1.98. The Morgan fingerprint density at radius 2 is 2.03 bits per heavy atom. The fraction of sp³-hybridized carbons (Fsp3) is 0.409. The lowest BCUT2D eigenvalue weighted by Crippen LogP contribution is -2.33. The summed E-state index contributed by atoms with van der Waals surface area (Å²) < 4.78 is 20.3. The van der Waals surface area contributed by atoms with Crippen LogP contribution in [0.5, 0.6) is 0 Å². The highest BCUT2D eigenvalue weighted by Gasteiger charge is 2.33. The van der Waals surface area contributed by atoms with E-state index in [4.69, 9.17) is 9.57 Å². The van der Waals surface area contributed by atoms with Crippen LogP contribution in [0.1, 0.15) is 12.5 Å². The average molecular weight is 443 g/mol. The Morgan fingerprint density at radius 1 is 1.22 bits per heavy atom. The third-order valence-corrected chi connectivity index (χ3v) is 5.40. The number of hydrogen-bond donors (Lipinski definition) is 1. The molecule has 0 bridgehead atoms. The number of nitrogens with zero attached hydrogens (tertiary/aromatic N) is 4. The first-order valence-electron chi connectivity index (χ1n) is 10.5. The van der Waals surface area contributed by atoms with Crippen LogP contribution in [0.3, 0.4) is 0 Å². The molecule has 3 heterocycles. The Bertz CT molecular complexity index is 961. The molecule has 1 aromatic heterocycles. The van der Waals surface area contributed by atoms with Crippen LogP contribution in [0.25, 0.3) is 0 Å². The van der Waals surface area contributed by atoms with Crippen molar-refractivity contribution in [2.24, 2.45) is 0 Å². The van der Waals surface area contributed by atoms with Crippen molar-refractivity contribution in [2.75, 3.05) is 49.1 Å². The van der Waals surface area contributed by atoms with Gasteiger partial charge in [0.05, 0.1) is 31.1 Å². The summed E-state index contributed by atoms with van der Waals surface area (Å²) in [5.74, 6) is -0.612. The lowest BCUT2D eigenvalue weighted by atomic mass is 10.2. The number of rotatable bonds is 6. The molecule has 0 spiro atoms. The molecule has 0 aliphatic carbocycles. The topological polar surface area (TPSA) is 87.2 Å². The first-order valence-corrected chi connectivity index (χ1v) is 10.5. The first kappa shape index (κ1) is 22.0. The standard InChI is InChI=1S/C22H26FN5O4/c1-16(29)25-13-19-15-28(22(30)32-19)18-2-3-21(20(23)12-18)26-8-9-27(31-11-10-26)14-17-4-6-24-7-5-17/h2-7,12,19H,8-11,13-15H2,1H3,(H,25,29)/t19-/m0/s1. The van der Waals surface area contributed by atoms with E-state index in [1.54, 1.807) is 24.5 Å². The van der Waals surface area contributed by atoms with E-state index in [2.05, 4.69) is 10.3 Å². The van der Waals surface area contributed by atoms with E-state index < -0.39 is 18.0 Å². The molecule has 2 amide bonds. The molecule has 2 saturated heterocycles. The molecule has 10 heteroatoms. The van der Waals surface area contributed by atoms with Crippen LogP contribution >= 0.6 is 0 Å². The molecule has 0 unspecified atom stereocenters. The van der Waals surface area contributed by atoms with Crippen molar-refractivity contribution >= 4 is 23.4 Å². The van der Waals surface area contributed by atoms with Crippen molar-refractivity contribution in [3.8, 4) is 0 Å². The lowest BCUT2D eigenvalue weighted by Gasteiger charge is -2.24. The van der Waals surface area contributed by atoms with E-state index in [0.717, 1.165) is 5.56 Å². The average Bonchev–Trinajstić information content (AvgIpc) is 3.00. The predicted molar refractivity (Wildman–Crippen MR) is 116 cm³/mol. The molecule has 170 valence electrons. The van der Waals surface area contributed by atoms with Gasteiger partial charge >= 0.3 is 6.09 Å². The van der Waals surface area contributed by atoms with Gasteiger partial charge in [-0.25, -0.2) is 9.18 Å². The van der Waals surface area contributed by atoms with Gasteiger partial charge in [-0.3, -0.25) is 19.5 Å². The molecule has 2 aromatic rings. The van der Waals surface area contributed by atoms with Gasteiger partial charge in [-0.1, -0.05) is 0 Å². The molecule has 0 saturated carbocycles. The largest absolute Gasteiger partial charge is 0.442 e. The number of cyclic esters (lactones) is 1. The second-order valence-electron chi connectivity index (χ2n) is 7.73. The van der Waals surface area contributed by atoms with Crippen LogP contribution in [0.15, 0.2) is 42.7 Å². The fourth-order valence-electron chi connectivity index (χ4n) is 3.76. The Morgan fingerprint density at radius 3 is 2.78 bits per heavy atom. The van der Waals surface area contributed by atoms with E-state index in [1.807, 2.05) is 22.1 Å². The van der Waals surface area contributed by atoms with Gasteiger partial charge in [0.2, 0.25) is 5.91 Å². The first-order chi connectivity index (χ1) is 15.5. The number of halogens is 1. The summed E-state index contributed by atoms with van der Waals surface area (Å²) >= 11 is 0. The Labute approximate surface area is 185 Å². The fourth-order valence-corrected chi connectivity index (χ4v) is 3.76. The zero-order valence-corrected chi connectivity index (χ0v) is 17.9. The second-order valence-corrected chi connectivity index (χ2v) is 7.73. The number of hydrogen-bond acceptors (Lipinski definition) is 7. The number of benzene rings is 1. The molecule has 2 fully saturated rings. The summed E-state index contributed by atoms with van der Waals surface area (Å²) in [6.45, 7) is 4.71. The number of carbonyl (C=O) groups is 2. The van der Waals surface area contributed by atoms with Gasteiger partial charge in [0.15, 0.2) is 0 Å². The number of aromatic nitrogens is 1. The van der Waals surface area contributed by atoms with Crippen LogP contribution in [0.2, 0.25) is 0 Å². The molecule has 9 nitrogen and oxygen atoms in total. The van der Waals surface area contributed by atoms with E-state index in [0.29, 0.717) is 44.2 Å². The van der Waals surface area contributed by atoms with E-state index in [-0.39, 0.29) is 19.0 Å². The van der Waals surface area contributed by atoms with Crippen LogP contribution in [-0.4, -0.2) is 67.5 Å². The number of carbonyl (C=O) groups excluding carboxylic acids is 2. The smallest absolute Gasteiger partial charge is 0.414 e. The SMILES string of the molecule is CC(=O)NC[C@H]1CN(c2ccc(N3CCON(Cc4ccncc4)CC3)c(F)c2)C(=O)O1. The maximum absolute atomic E-state index is 15.0. The third-order valence-electron chi connectivity index (χ3n) is 5.40. The number of amides is 2. The molecule has 4 rings (SSSR count). The van der Waals surface area contributed by atoms with Gasteiger partial charge in [-0.05, 0) is 35.9 Å². The van der Waals surface area contributed by atoms with Gasteiger partial charge in [0.1, 0.15) is 11.9 Å². The normalized spacial score (nSPS) is 19.6. The maximum atomic E-state index is 15.0. The molecule has 2 aliphatic heterocycles. The molecular weight excluding hydrogens is 417 g/mol. The summed E-state index contributed by atoms with van der Waals surface area (Å²) in [4.78, 5) is 36.4. The van der Waals surface area contributed by atoms with Crippen molar-refractivity contribution < 1.29 is 23.6 Å². The minimum absolute atomic E-state index is 0.198. The minimum Gasteiger partial charge on any atom is -0.442 e. The molecule has 0 radical (unpaired) electrons. The third kappa shape index (κ3) is 5.32. The summed E-state index contributed by atoms with van der Waals surface area (Å²) in [6, 6.07) is 8.61. The van der Waals surface area contributed by atoms with Crippen molar-refractivity contribution in [1.82, 2.24) is 15.4 Å². The zero-order chi connectivity index (χ0) is 22.5. The second kappa shape index (κ2) is 9.92. The molecule has 2 aliphatic rings. The monoisotopic (exact) mass is 443 g/mol. The lowest BCUT2D eigenvalue weighted by molar-refractivity contribution is -0.154. The van der Waals surface area contributed by atoms with Gasteiger partial charge in [0, 0.05) is 45.5 Å². The Kier molecular flexibility index (Phi) is 6.81. The predicted octanol–water partition coefficient (Wildman–Crippen LogP) is 1.94. The number of pyridine rings is 1. The number of ether oxygens (including phenoxy) is 1. The highest BCUT2D eigenvalue weighted by molar-refractivity contribution is 5.90. The highest BCUT2D eigenvalue weighted by Crippen LogP contribution is 2.28. The van der Waals surface area contributed by atoms with Crippen molar-refractivity contribution in [3.63, 3.8) is 0 Å².